The molecule has 2 aromatic rings. The second kappa shape index (κ2) is 6.65. The molecule has 0 saturated carbocycles. The molecule has 0 aromatic heterocycles. The Morgan fingerprint density at radius 2 is 1.67 bits per heavy atom. The van der Waals surface area contributed by atoms with Crippen LogP contribution >= 0.6 is 0 Å². The Morgan fingerprint density at radius 1 is 1.05 bits per heavy atom. The normalized spacial score (nSPS) is 11.5. The van der Waals surface area contributed by atoms with Gasteiger partial charge < -0.3 is 19.3 Å². The van der Waals surface area contributed by atoms with Crippen LogP contribution in [0.25, 0.3) is 0 Å². The first kappa shape index (κ1) is 14.7. The summed E-state index contributed by atoms with van der Waals surface area (Å²) >= 11 is 0. The molecule has 0 radical (unpaired) electrons. The maximum Gasteiger partial charge on any atom is 0.352 e. The molecule has 0 saturated heterocycles. The van der Waals surface area contributed by atoms with Gasteiger partial charge >= 0.3 is 5.97 Å². The molecule has 0 fully saturated rings. The third-order valence-electron chi connectivity index (χ3n) is 2.76. The summed E-state index contributed by atoms with van der Waals surface area (Å²) in [5.74, 6) is 0.880. The molecular weight excluding hydrogens is 272 g/mol. The SMILES string of the molecule is COc1ccccc1OC(=O)C(C)Oc1ccc(O)cc1. The second-order valence-electron chi connectivity index (χ2n) is 4.33. The highest BCUT2D eigenvalue weighted by Crippen LogP contribution is 2.26. The summed E-state index contributed by atoms with van der Waals surface area (Å²) in [5, 5.41) is 9.19. The van der Waals surface area contributed by atoms with Crippen molar-refractivity contribution in [1.29, 1.82) is 0 Å². The molecule has 5 nitrogen and oxygen atoms in total. The Morgan fingerprint density at radius 3 is 2.29 bits per heavy atom. The smallest absolute Gasteiger partial charge is 0.352 e. The number of hydrogen-bond donors (Lipinski definition) is 1. The van der Waals surface area contributed by atoms with Crippen molar-refractivity contribution in [3.05, 3.63) is 48.5 Å². The van der Waals surface area contributed by atoms with Crippen molar-refractivity contribution in [3.8, 4) is 23.0 Å². The summed E-state index contributed by atoms with van der Waals surface area (Å²) in [5.41, 5.74) is 0. The molecule has 1 atom stereocenters. The lowest BCUT2D eigenvalue weighted by molar-refractivity contribution is -0.141. The van der Waals surface area contributed by atoms with Gasteiger partial charge in [0.2, 0.25) is 0 Å². The average Bonchev–Trinajstić information content (AvgIpc) is 2.50. The van der Waals surface area contributed by atoms with E-state index in [9.17, 15) is 9.90 Å². The minimum Gasteiger partial charge on any atom is -0.508 e. The highest BCUT2D eigenvalue weighted by Gasteiger charge is 2.19. The molecule has 0 amide bonds. The fourth-order valence-electron chi connectivity index (χ4n) is 1.67. The zero-order valence-electron chi connectivity index (χ0n) is 11.8. The van der Waals surface area contributed by atoms with Gasteiger partial charge in [0.15, 0.2) is 17.6 Å². The van der Waals surface area contributed by atoms with E-state index in [1.165, 1.54) is 19.2 Å². The molecule has 21 heavy (non-hydrogen) atoms. The number of phenolic OH excluding ortho intramolecular Hbond substituents is 1. The predicted octanol–water partition coefficient (Wildman–Crippen LogP) is 2.77. The van der Waals surface area contributed by atoms with Crippen LogP contribution in [-0.2, 0) is 4.79 Å². The molecule has 0 bridgehead atoms. The van der Waals surface area contributed by atoms with Crippen molar-refractivity contribution in [2.45, 2.75) is 13.0 Å². The molecule has 2 aromatic carbocycles. The molecule has 0 spiro atoms. The van der Waals surface area contributed by atoms with E-state index in [2.05, 4.69) is 0 Å². The summed E-state index contributed by atoms with van der Waals surface area (Å²) < 4.78 is 15.8. The molecular formula is C16H16O5. The number of rotatable bonds is 5. The van der Waals surface area contributed by atoms with E-state index >= 15 is 0 Å². The zero-order chi connectivity index (χ0) is 15.2. The molecule has 5 heteroatoms. The highest BCUT2D eigenvalue weighted by molar-refractivity contribution is 5.77. The van der Waals surface area contributed by atoms with Crippen LogP contribution < -0.4 is 14.2 Å². The topological polar surface area (TPSA) is 65.0 Å². The van der Waals surface area contributed by atoms with Gasteiger partial charge in [-0.25, -0.2) is 4.79 Å². The first-order chi connectivity index (χ1) is 10.1. The Balaban J connectivity index is 2.01. The fourth-order valence-corrected chi connectivity index (χ4v) is 1.67. The number of carbonyl (C=O) groups is 1. The van der Waals surface area contributed by atoms with Crippen molar-refractivity contribution in [2.24, 2.45) is 0 Å². The summed E-state index contributed by atoms with van der Waals surface area (Å²) in [7, 11) is 1.50. The first-order valence-corrected chi connectivity index (χ1v) is 6.40. The van der Waals surface area contributed by atoms with E-state index in [1.807, 2.05) is 0 Å². The van der Waals surface area contributed by atoms with Crippen molar-refractivity contribution in [1.82, 2.24) is 0 Å². The molecule has 0 aliphatic heterocycles. The highest BCUT2D eigenvalue weighted by atomic mass is 16.6. The van der Waals surface area contributed by atoms with Crippen LogP contribution in [-0.4, -0.2) is 24.3 Å². The zero-order valence-corrected chi connectivity index (χ0v) is 11.8. The number of carbonyl (C=O) groups excluding carboxylic acids is 1. The van der Waals surface area contributed by atoms with Gasteiger partial charge in [-0.1, -0.05) is 12.1 Å². The van der Waals surface area contributed by atoms with Crippen molar-refractivity contribution >= 4 is 5.97 Å². The lowest BCUT2D eigenvalue weighted by Crippen LogP contribution is -2.28. The van der Waals surface area contributed by atoms with Gasteiger partial charge in [0.1, 0.15) is 11.5 Å². The third-order valence-corrected chi connectivity index (χ3v) is 2.76. The molecule has 1 unspecified atom stereocenters. The van der Waals surface area contributed by atoms with Crippen LogP contribution in [0, 0.1) is 0 Å². The van der Waals surface area contributed by atoms with Crippen LogP contribution in [0.5, 0.6) is 23.0 Å². The van der Waals surface area contributed by atoms with E-state index in [0.717, 1.165) is 0 Å². The number of esters is 1. The van der Waals surface area contributed by atoms with Crippen LogP contribution in [0.4, 0.5) is 0 Å². The van der Waals surface area contributed by atoms with Gasteiger partial charge in [0.25, 0.3) is 0 Å². The maximum atomic E-state index is 12.0. The number of ether oxygens (including phenoxy) is 3. The van der Waals surface area contributed by atoms with Gasteiger partial charge in [0.05, 0.1) is 7.11 Å². The van der Waals surface area contributed by atoms with E-state index in [0.29, 0.717) is 17.2 Å². The van der Waals surface area contributed by atoms with Crippen molar-refractivity contribution in [2.75, 3.05) is 7.11 Å². The second-order valence-corrected chi connectivity index (χ2v) is 4.33. The minimum absolute atomic E-state index is 0.131. The summed E-state index contributed by atoms with van der Waals surface area (Å²) in [6.07, 6.45) is -0.792. The quantitative estimate of drug-likeness (QED) is 0.677. The molecule has 0 heterocycles. The van der Waals surface area contributed by atoms with Crippen LogP contribution in [0.15, 0.2) is 48.5 Å². The average molecular weight is 288 g/mol. The molecule has 1 N–H and O–H groups in total. The van der Waals surface area contributed by atoms with Gasteiger partial charge in [-0.2, -0.15) is 0 Å². The van der Waals surface area contributed by atoms with E-state index in [4.69, 9.17) is 14.2 Å². The van der Waals surface area contributed by atoms with Crippen LogP contribution in [0.1, 0.15) is 6.92 Å². The number of para-hydroxylation sites is 2. The van der Waals surface area contributed by atoms with Crippen molar-refractivity contribution < 1.29 is 24.1 Å². The Hall–Kier alpha value is -2.69. The fraction of sp³-hybridized carbons (Fsp3) is 0.188. The van der Waals surface area contributed by atoms with Gasteiger partial charge in [-0.3, -0.25) is 0 Å². The number of hydrogen-bond acceptors (Lipinski definition) is 5. The largest absolute Gasteiger partial charge is 0.508 e. The number of phenols is 1. The lowest BCUT2D eigenvalue weighted by Gasteiger charge is -2.15. The van der Waals surface area contributed by atoms with Crippen LogP contribution in [0.2, 0.25) is 0 Å². The summed E-state index contributed by atoms with van der Waals surface area (Å²) in [6.45, 7) is 1.59. The Bertz CT molecular complexity index is 606. The first-order valence-electron chi connectivity index (χ1n) is 6.40. The molecule has 2 rings (SSSR count). The Labute approximate surface area is 122 Å². The van der Waals surface area contributed by atoms with E-state index in [1.54, 1.807) is 43.3 Å². The van der Waals surface area contributed by atoms with E-state index < -0.39 is 12.1 Å². The van der Waals surface area contributed by atoms with Gasteiger partial charge in [-0.15, -0.1) is 0 Å². The van der Waals surface area contributed by atoms with Crippen molar-refractivity contribution in [3.63, 3.8) is 0 Å². The van der Waals surface area contributed by atoms with E-state index in [-0.39, 0.29) is 5.75 Å². The predicted molar refractivity (Wildman–Crippen MR) is 76.8 cm³/mol. The monoisotopic (exact) mass is 288 g/mol. The maximum absolute atomic E-state index is 12.0. The van der Waals surface area contributed by atoms with Gasteiger partial charge in [0, 0.05) is 0 Å². The number of aromatic hydroxyl groups is 1. The number of benzene rings is 2. The minimum atomic E-state index is -0.792. The standard InChI is InChI=1S/C16H16O5/c1-11(20-13-9-7-12(17)8-10-13)16(18)21-15-6-4-3-5-14(15)19-2/h3-11,17H,1-2H3. The Kier molecular flexibility index (Phi) is 4.66. The molecule has 0 aliphatic rings. The molecule has 110 valence electrons. The summed E-state index contributed by atoms with van der Waals surface area (Å²) in [4.78, 5) is 12.0. The molecule has 0 aliphatic carbocycles. The van der Waals surface area contributed by atoms with Crippen LogP contribution in [0.3, 0.4) is 0 Å². The number of methoxy groups -OCH3 is 1. The van der Waals surface area contributed by atoms with Gasteiger partial charge in [-0.05, 0) is 43.3 Å². The third kappa shape index (κ3) is 3.89. The summed E-state index contributed by atoms with van der Waals surface area (Å²) in [6, 6.07) is 13.0. The lowest BCUT2D eigenvalue weighted by atomic mass is 10.3.